The molecule has 0 amide bonds. The van der Waals surface area contributed by atoms with E-state index in [0.717, 1.165) is 31.7 Å². The summed E-state index contributed by atoms with van der Waals surface area (Å²) in [7, 11) is 0. The van der Waals surface area contributed by atoms with Crippen molar-refractivity contribution in [3.05, 3.63) is 58.1 Å². The highest BCUT2D eigenvalue weighted by Crippen LogP contribution is 2.33. The van der Waals surface area contributed by atoms with Crippen LogP contribution in [0.3, 0.4) is 0 Å². The Hall–Kier alpha value is -2.51. The molecular formula is C19H16BrN5S. The Morgan fingerprint density at radius 2 is 1.65 bits per heavy atom. The van der Waals surface area contributed by atoms with Gasteiger partial charge in [-0.05, 0) is 37.1 Å². The summed E-state index contributed by atoms with van der Waals surface area (Å²) in [4.78, 5) is 14.6. The molecule has 4 aromatic rings. The minimum atomic E-state index is 0.479. The third kappa shape index (κ3) is 3.15. The third-order valence-corrected chi connectivity index (χ3v) is 5.41. The molecule has 0 atom stereocenters. The highest BCUT2D eigenvalue weighted by molar-refractivity contribution is 9.10. The van der Waals surface area contributed by atoms with Crippen LogP contribution >= 0.6 is 27.3 Å². The van der Waals surface area contributed by atoms with Gasteiger partial charge in [0.15, 0.2) is 21.6 Å². The molecule has 0 spiro atoms. The number of para-hydroxylation sites is 1. The van der Waals surface area contributed by atoms with Gasteiger partial charge in [0.1, 0.15) is 5.52 Å². The van der Waals surface area contributed by atoms with Gasteiger partial charge in [-0.25, -0.2) is 15.0 Å². The number of aromatic nitrogens is 3. The maximum Gasteiger partial charge on any atom is 0.182 e. The minimum absolute atomic E-state index is 0.479. The second-order valence-corrected chi connectivity index (χ2v) is 7.93. The van der Waals surface area contributed by atoms with E-state index < -0.39 is 0 Å². The fraction of sp³-hybridized carbons (Fsp3) is 0.105. The van der Waals surface area contributed by atoms with Crippen LogP contribution in [0.1, 0.15) is 11.1 Å². The second kappa shape index (κ2) is 6.66. The van der Waals surface area contributed by atoms with Gasteiger partial charge in [0.25, 0.3) is 0 Å². The number of hydrogen-bond acceptors (Lipinski definition) is 6. The molecule has 0 fully saturated rings. The normalized spacial score (nSPS) is 11.0. The Bertz CT molecular complexity index is 1080. The first-order valence-corrected chi connectivity index (χ1v) is 9.65. The molecule has 3 N–H and O–H groups in total. The number of hydrogen-bond donors (Lipinski definition) is 2. The van der Waals surface area contributed by atoms with Crippen LogP contribution in [0.15, 0.2) is 46.9 Å². The van der Waals surface area contributed by atoms with Crippen molar-refractivity contribution in [2.75, 3.05) is 11.1 Å². The van der Waals surface area contributed by atoms with E-state index in [1.807, 2.05) is 30.3 Å². The molecule has 0 bridgehead atoms. The van der Waals surface area contributed by atoms with Gasteiger partial charge >= 0.3 is 0 Å². The van der Waals surface area contributed by atoms with Crippen molar-refractivity contribution in [1.29, 1.82) is 0 Å². The van der Waals surface area contributed by atoms with Gasteiger partial charge < -0.3 is 11.1 Å². The fourth-order valence-electron chi connectivity index (χ4n) is 2.78. The lowest BCUT2D eigenvalue weighted by Gasteiger charge is -2.13. The van der Waals surface area contributed by atoms with Crippen molar-refractivity contribution in [3.63, 3.8) is 0 Å². The van der Waals surface area contributed by atoms with Crippen LogP contribution in [0.2, 0.25) is 0 Å². The van der Waals surface area contributed by atoms with Crippen molar-refractivity contribution in [2.45, 2.75) is 13.8 Å². The van der Waals surface area contributed by atoms with E-state index in [0.29, 0.717) is 22.3 Å². The maximum atomic E-state index is 5.93. The topological polar surface area (TPSA) is 76.7 Å². The van der Waals surface area contributed by atoms with Crippen LogP contribution in [0.25, 0.3) is 21.7 Å². The zero-order chi connectivity index (χ0) is 18.3. The van der Waals surface area contributed by atoms with Crippen molar-refractivity contribution < 1.29 is 0 Å². The number of rotatable bonds is 3. The van der Waals surface area contributed by atoms with E-state index in [1.54, 1.807) is 0 Å². The zero-order valence-corrected chi connectivity index (χ0v) is 16.6. The second-order valence-electron chi connectivity index (χ2n) is 6.00. The van der Waals surface area contributed by atoms with E-state index in [9.17, 15) is 0 Å². The molecule has 0 aliphatic rings. The van der Waals surface area contributed by atoms with Gasteiger partial charge in [0.2, 0.25) is 0 Å². The Labute approximate surface area is 163 Å². The number of anilines is 3. The van der Waals surface area contributed by atoms with Gasteiger partial charge in [-0.15, -0.1) is 0 Å². The van der Waals surface area contributed by atoms with Crippen molar-refractivity contribution >= 4 is 54.3 Å². The number of thiazole rings is 1. The van der Waals surface area contributed by atoms with Crippen LogP contribution in [0.5, 0.6) is 0 Å². The summed E-state index contributed by atoms with van der Waals surface area (Å²) >= 11 is 4.82. The van der Waals surface area contributed by atoms with Gasteiger partial charge in [0.05, 0.1) is 0 Å². The van der Waals surface area contributed by atoms with Crippen LogP contribution in [0, 0.1) is 13.8 Å². The fourth-order valence-corrected chi connectivity index (χ4v) is 3.75. The maximum absolute atomic E-state index is 5.93. The number of fused-ring (bicyclic) bond motifs is 1. The Kier molecular flexibility index (Phi) is 4.34. The Morgan fingerprint density at radius 3 is 2.35 bits per heavy atom. The van der Waals surface area contributed by atoms with Crippen LogP contribution in [0.4, 0.5) is 16.6 Å². The van der Waals surface area contributed by atoms with Gasteiger partial charge in [-0.1, -0.05) is 57.6 Å². The van der Waals surface area contributed by atoms with Crippen LogP contribution in [-0.2, 0) is 0 Å². The number of nitrogens with zero attached hydrogens (tertiary/aromatic N) is 3. The molecule has 2 heterocycles. The monoisotopic (exact) mass is 425 g/mol. The average Bonchev–Trinajstić information content (AvgIpc) is 2.99. The standard InChI is InChI=1S/C19H16BrN5S/c1-10-4-3-5-11(2)14(10)22-17-15-18(26-19(21)23-15)25-16(24-17)12-6-8-13(20)9-7-12/h3-9H,1-2H3,(H2,21,23)(H,22,24,25). The molecule has 130 valence electrons. The molecule has 0 radical (unpaired) electrons. The molecule has 26 heavy (non-hydrogen) atoms. The highest BCUT2D eigenvalue weighted by atomic mass is 79.9. The highest BCUT2D eigenvalue weighted by Gasteiger charge is 2.15. The zero-order valence-electron chi connectivity index (χ0n) is 14.2. The largest absolute Gasteiger partial charge is 0.375 e. The first-order chi connectivity index (χ1) is 12.5. The van der Waals surface area contributed by atoms with E-state index in [-0.39, 0.29) is 0 Å². The van der Waals surface area contributed by atoms with Crippen LogP contribution < -0.4 is 11.1 Å². The molecule has 0 saturated heterocycles. The van der Waals surface area contributed by atoms with Crippen molar-refractivity contribution in [1.82, 2.24) is 15.0 Å². The number of aryl methyl sites for hydroxylation is 2. The molecule has 5 nitrogen and oxygen atoms in total. The Morgan fingerprint density at radius 1 is 0.962 bits per heavy atom. The smallest absolute Gasteiger partial charge is 0.182 e. The van der Waals surface area contributed by atoms with E-state index in [1.165, 1.54) is 11.3 Å². The lowest BCUT2D eigenvalue weighted by Crippen LogP contribution is -2.01. The van der Waals surface area contributed by atoms with Gasteiger partial charge in [0, 0.05) is 15.7 Å². The molecule has 0 saturated carbocycles. The number of halogens is 1. The Balaban J connectivity index is 1.88. The molecule has 0 aliphatic heterocycles. The summed E-state index contributed by atoms with van der Waals surface area (Å²) in [6, 6.07) is 14.1. The molecule has 2 aromatic heterocycles. The number of benzene rings is 2. The summed E-state index contributed by atoms with van der Waals surface area (Å²) in [5, 5.41) is 3.93. The lowest BCUT2D eigenvalue weighted by atomic mass is 10.1. The van der Waals surface area contributed by atoms with Gasteiger partial charge in [-0.3, -0.25) is 0 Å². The molecule has 0 unspecified atom stereocenters. The third-order valence-electron chi connectivity index (χ3n) is 4.10. The molecule has 7 heteroatoms. The lowest BCUT2D eigenvalue weighted by molar-refractivity contribution is 1.21. The van der Waals surface area contributed by atoms with E-state index in [2.05, 4.69) is 57.2 Å². The van der Waals surface area contributed by atoms with E-state index >= 15 is 0 Å². The minimum Gasteiger partial charge on any atom is -0.375 e. The summed E-state index contributed by atoms with van der Waals surface area (Å²) in [5.74, 6) is 1.31. The summed E-state index contributed by atoms with van der Waals surface area (Å²) in [6.07, 6.45) is 0. The summed E-state index contributed by atoms with van der Waals surface area (Å²) in [5.41, 5.74) is 10.9. The predicted octanol–water partition coefficient (Wildman–Crippen LogP) is 5.46. The van der Waals surface area contributed by atoms with Gasteiger partial charge in [-0.2, -0.15) is 0 Å². The number of nitrogens with two attached hydrogens (primary N) is 1. The number of nitrogen functional groups attached to an aromatic ring is 1. The molecule has 0 aliphatic carbocycles. The molecular weight excluding hydrogens is 410 g/mol. The molecule has 2 aromatic carbocycles. The first-order valence-electron chi connectivity index (χ1n) is 8.04. The number of nitrogens with one attached hydrogen (secondary N) is 1. The van der Waals surface area contributed by atoms with E-state index in [4.69, 9.17) is 10.7 Å². The summed E-state index contributed by atoms with van der Waals surface area (Å²) in [6.45, 7) is 4.14. The van der Waals surface area contributed by atoms with Crippen molar-refractivity contribution in [3.8, 4) is 11.4 Å². The van der Waals surface area contributed by atoms with Crippen molar-refractivity contribution in [2.24, 2.45) is 0 Å². The quantitative estimate of drug-likeness (QED) is 0.455. The summed E-state index contributed by atoms with van der Waals surface area (Å²) < 4.78 is 1.01. The SMILES string of the molecule is Cc1cccc(C)c1Nc1nc(-c2ccc(Br)cc2)nc2sc(N)nc12. The average molecular weight is 426 g/mol. The molecule has 4 rings (SSSR count). The van der Waals surface area contributed by atoms with Crippen LogP contribution in [-0.4, -0.2) is 15.0 Å². The first kappa shape index (κ1) is 16.9. The predicted molar refractivity (Wildman–Crippen MR) is 112 cm³/mol.